The van der Waals surface area contributed by atoms with Crippen molar-refractivity contribution in [1.29, 1.82) is 0 Å². The van der Waals surface area contributed by atoms with Crippen molar-refractivity contribution >= 4 is 50.9 Å². The van der Waals surface area contributed by atoms with Crippen LogP contribution in [0.2, 0.25) is 0 Å². The molecular weight excluding hydrogens is 550 g/mol. The van der Waals surface area contributed by atoms with Crippen LogP contribution >= 0.6 is 50.9 Å². The molecule has 4 nitrogen and oxygen atoms in total. The van der Waals surface area contributed by atoms with Crippen molar-refractivity contribution < 1.29 is 4.84 Å². The molecule has 0 saturated heterocycles. The van der Waals surface area contributed by atoms with Crippen molar-refractivity contribution in [2.24, 2.45) is 0 Å². The molecule has 3 rings (SSSR count). The molecule has 0 N–H and O–H groups in total. The molecule has 0 aliphatic carbocycles. The van der Waals surface area contributed by atoms with Crippen LogP contribution in [-0.4, -0.2) is 28.1 Å². The van der Waals surface area contributed by atoms with Gasteiger partial charge in [-0.15, -0.1) is 50.9 Å². The molecule has 0 bridgehead atoms. The van der Waals surface area contributed by atoms with E-state index in [1.165, 1.54) is 16.7 Å². The largest absolute Gasteiger partial charge is 0.294 e. The van der Waals surface area contributed by atoms with Gasteiger partial charge in [0.05, 0.1) is 6.61 Å². The second-order valence-corrected chi connectivity index (χ2v) is 5.90. The summed E-state index contributed by atoms with van der Waals surface area (Å²) in [6, 6.07) is 18.5. The van der Waals surface area contributed by atoms with Gasteiger partial charge in [0.2, 0.25) is 0 Å². The monoisotopic (exact) mass is 573 g/mol. The molecule has 2 heterocycles. The second kappa shape index (κ2) is 15.8. The summed E-state index contributed by atoms with van der Waals surface area (Å²) in [7, 11) is 0. The fourth-order valence-corrected chi connectivity index (χ4v) is 2.59. The third-order valence-corrected chi connectivity index (χ3v) is 4.06. The minimum atomic E-state index is 0. The molecule has 0 fully saturated rings. The highest BCUT2D eigenvalue weighted by atomic mass is 79.9. The van der Waals surface area contributed by atoms with Crippen LogP contribution in [0.25, 0.3) is 0 Å². The van der Waals surface area contributed by atoms with Gasteiger partial charge < -0.3 is 0 Å². The maximum absolute atomic E-state index is 6.07. The van der Waals surface area contributed by atoms with Gasteiger partial charge in [0.1, 0.15) is 0 Å². The molecule has 1 aromatic carbocycles. The SMILES string of the molecule is Br.Br.Br.c1ccc(CON(CCc2ccncc2)CCc2ccncc2)cc1. The number of nitrogens with zero attached hydrogens (tertiary/aromatic N) is 3. The molecule has 28 heavy (non-hydrogen) atoms. The highest BCUT2D eigenvalue weighted by molar-refractivity contribution is 8.93. The van der Waals surface area contributed by atoms with Crippen molar-refractivity contribution in [2.75, 3.05) is 13.1 Å². The first kappa shape index (κ1) is 26.9. The maximum atomic E-state index is 6.07. The van der Waals surface area contributed by atoms with Crippen molar-refractivity contribution in [3.8, 4) is 0 Å². The first-order chi connectivity index (χ1) is 12.4. The van der Waals surface area contributed by atoms with Gasteiger partial charge in [0.25, 0.3) is 0 Å². The Morgan fingerprint density at radius 2 is 1.07 bits per heavy atom. The molecule has 0 saturated carbocycles. The number of aromatic nitrogens is 2. The lowest BCUT2D eigenvalue weighted by Gasteiger charge is -2.22. The lowest BCUT2D eigenvalue weighted by atomic mass is 10.2. The Kier molecular flexibility index (Phi) is 15.1. The number of hydrogen-bond donors (Lipinski definition) is 0. The van der Waals surface area contributed by atoms with E-state index in [1.807, 2.05) is 43.0 Å². The van der Waals surface area contributed by atoms with Gasteiger partial charge in [0, 0.05) is 37.9 Å². The molecule has 0 unspecified atom stereocenters. The van der Waals surface area contributed by atoms with E-state index < -0.39 is 0 Å². The first-order valence-corrected chi connectivity index (χ1v) is 8.60. The zero-order chi connectivity index (χ0) is 17.2. The minimum Gasteiger partial charge on any atom is -0.294 e. The van der Waals surface area contributed by atoms with Gasteiger partial charge in [-0.2, -0.15) is 5.06 Å². The predicted molar refractivity (Wildman–Crippen MR) is 130 cm³/mol. The van der Waals surface area contributed by atoms with Gasteiger partial charge in [-0.05, 0) is 53.8 Å². The predicted octanol–water partition coefficient (Wildman–Crippen LogP) is 5.43. The van der Waals surface area contributed by atoms with E-state index in [0.717, 1.165) is 25.9 Å². The van der Waals surface area contributed by atoms with Crippen molar-refractivity contribution in [3.05, 3.63) is 96.1 Å². The highest BCUT2D eigenvalue weighted by Gasteiger charge is 2.07. The number of rotatable bonds is 9. The molecule has 0 aliphatic rings. The molecular formula is C21H26Br3N3O. The molecule has 152 valence electrons. The van der Waals surface area contributed by atoms with E-state index in [9.17, 15) is 0 Å². The van der Waals surface area contributed by atoms with Crippen LogP contribution < -0.4 is 0 Å². The van der Waals surface area contributed by atoms with E-state index in [0.29, 0.717) is 6.61 Å². The fraction of sp³-hybridized carbons (Fsp3) is 0.238. The van der Waals surface area contributed by atoms with E-state index in [1.54, 1.807) is 0 Å². The highest BCUT2D eigenvalue weighted by Crippen LogP contribution is 2.07. The molecule has 7 heteroatoms. The number of halogens is 3. The Labute approximate surface area is 198 Å². The van der Waals surface area contributed by atoms with Gasteiger partial charge in [0.15, 0.2) is 0 Å². The van der Waals surface area contributed by atoms with Gasteiger partial charge in [-0.3, -0.25) is 14.8 Å². The molecule has 0 amide bonds. The standard InChI is InChI=1S/C21H23N3O.3BrH/c1-2-4-21(5-3-1)18-25-24(16-10-19-6-12-22-13-7-19)17-11-20-8-14-23-15-9-20;;;/h1-9,12-15H,10-11,16-18H2;3*1H. The molecule has 0 spiro atoms. The summed E-state index contributed by atoms with van der Waals surface area (Å²) in [5.41, 5.74) is 3.72. The Morgan fingerprint density at radius 3 is 1.54 bits per heavy atom. The Hall–Kier alpha value is -1.12. The average Bonchev–Trinajstić information content (AvgIpc) is 2.70. The van der Waals surface area contributed by atoms with Crippen molar-refractivity contribution in [2.45, 2.75) is 19.4 Å². The molecule has 2 aromatic heterocycles. The summed E-state index contributed by atoms with van der Waals surface area (Å²) in [6.07, 6.45) is 9.22. The molecule has 0 atom stereocenters. The third-order valence-electron chi connectivity index (χ3n) is 4.06. The van der Waals surface area contributed by atoms with E-state index >= 15 is 0 Å². The average molecular weight is 576 g/mol. The van der Waals surface area contributed by atoms with Crippen LogP contribution in [0.3, 0.4) is 0 Å². The van der Waals surface area contributed by atoms with Crippen LogP contribution in [0.1, 0.15) is 16.7 Å². The zero-order valence-electron chi connectivity index (χ0n) is 15.5. The lowest BCUT2D eigenvalue weighted by Crippen LogP contribution is -2.28. The van der Waals surface area contributed by atoms with E-state index in [2.05, 4.69) is 51.4 Å². The number of hydrogen-bond acceptors (Lipinski definition) is 4. The Morgan fingerprint density at radius 1 is 0.607 bits per heavy atom. The summed E-state index contributed by atoms with van der Waals surface area (Å²) in [5, 5.41) is 2.06. The van der Waals surface area contributed by atoms with Crippen LogP contribution in [0, 0.1) is 0 Å². The second-order valence-electron chi connectivity index (χ2n) is 5.90. The minimum absolute atomic E-state index is 0. The van der Waals surface area contributed by atoms with Crippen molar-refractivity contribution in [3.63, 3.8) is 0 Å². The zero-order valence-corrected chi connectivity index (χ0v) is 20.7. The topological polar surface area (TPSA) is 38.2 Å². The molecule has 0 aliphatic heterocycles. The summed E-state index contributed by atoms with van der Waals surface area (Å²) in [5.74, 6) is 0. The molecule has 0 radical (unpaired) electrons. The Balaban J connectivity index is 0.00000243. The smallest absolute Gasteiger partial charge is 0.0935 e. The molecule has 3 aromatic rings. The van der Waals surface area contributed by atoms with Crippen molar-refractivity contribution in [1.82, 2.24) is 15.0 Å². The number of hydroxylamine groups is 2. The van der Waals surface area contributed by atoms with E-state index in [4.69, 9.17) is 4.84 Å². The van der Waals surface area contributed by atoms with Crippen LogP contribution in [0.5, 0.6) is 0 Å². The summed E-state index contributed by atoms with van der Waals surface area (Å²) >= 11 is 0. The number of benzene rings is 1. The van der Waals surface area contributed by atoms with Crippen LogP contribution in [0.4, 0.5) is 0 Å². The lowest BCUT2D eigenvalue weighted by molar-refractivity contribution is -0.168. The maximum Gasteiger partial charge on any atom is 0.0935 e. The number of pyridine rings is 2. The quantitative estimate of drug-likeness (QED) is 0.319. The summed E-state index contributed by atoms with van der Waals surface area (Å²) in [4.78, 5) is 14.2. The first-order valence-electron chi connectivity index (χ1n) is 8.60. The van der Waals surface area contributed by atoms with Crippen LogP contribution in [0.15, 0.2) is 79.4 Å². The summed E-state index contributed by atoms with van der Waals surface area (Å²) in [6.45, 7) is 2.29. The van der Waals surface area contributed by atoms with Gasteiger partial charge in [-0.1, -0.05) is 30.3 Å². The fourth-order valence-electron chi connectivity index (χ4n) is 2.59. The third kappa shape index (κ3) is 9.89. The Bertz CT molecular complexity index is 630. The van der Waals surface area contributed by atoms with Gasteiger partial charge >= 0.3 is 0 Å². The van der Waals surface area contributed by atoms with Gasteiger partial charge in [-0.25, -0.2) is 0 Å². The normalized spacial score (nSPS) is 9.75. The van der Waals surface area contributed by atoms with E-state index in [-0.39, 0.29) is 50.9 Å². The summed E-state index contributed by atoms with van der Waals surface area (Å²) < 4.78 is 0. The van der Waals surface area contributed by atoms with Crippen LogP contribution in [-0.2, 0) is 24.3 Å².